The van der Waals surface area contributed by atoms with Gasteiger partial charge in [0.05, 0.1) is 36.1 Å². The van der Waals surface area contributed by atoms with Crippen molar-refractivity contribution in [2.24, 2.45) is 4.99 Å². The minimum absolute atomic E-state index is 0.231. The minimum Gasteiger partial charge on any atom is -0.493 e. The zero-order valence-electron chi connectivity index (χ0n) is 26.1. The number of thiazole rings is 1. The summed E-state index contributed by atoms with van der Waals surface area (Å²) < 4.78 is 15.4. The number of nitrogens with one attached hydrogen (secondary N) is 1. The molecular formula is C38H32N4O4S. The lowest BCUT2D eigenvalue weighted by Crippen LogP contribution is -2.40. The number of benzene rings is 4. The molecule has 2 aromatic heterocycles. The van der Waals surface area contributed by atoms with Gasteiger partial charge in [-0.05, 0) is 54.5 Å². The number of carbonyl (C=O) groups excluding carboxylic acids is 1. The van der Waals surface area contributed by atoms with Gasteiger partial charge in [0.1, 0.15) is 0 Å². The van der Waals surface area contributed by atoms with Crippen LogP contribution in [0.1, 0.15) is 29.7 Å². The molecule has 1 aliphatic heterocycles. The summed E-state index contributed by atoms with van der Waals surface area (Å²) in [6.07, 6.45) is 4.02. The number of hydrogen-bond donors (Lipinski definition) is 1. The van der Waals surface area contributed by atoms with Gasteiger partial charge in [-0.15, -0.1) is 0 Å². The van der Waals surface area contributed by atoms with E-state index in [0.717, 1.165) is 16.5 Å². The van der Waals surface area contributed by atoms with Crippen molar-refractivity contribution >= 4 is 39.9 Å². The number of aromatic nitrogens is 2. The van der Waals surface area contributed by atoms with Crippen LogP contribution in [-0.2, 0) is 11.3 Å². The molecule has 1 N–H and O–H groups in total. The van der Waals surface area contributed by atoms with Crippen molar-refractivity contribution in [2.45, 2.75) is 19.5 Å². The number of para-hydroxylation sites is 2. The van der Waals surface area contributed by atoms with Gasteiger partial charge in [0.25, 0.3) is 11.5 Å². The van der Waals surface area contributed by atoms with Crippen molar-refractivity contribution in [1.82, 2.24) is 9.13 Å². The molecule has 1 atom stereocenters. The van der Waals surface area contributed by atoms with E-state index in [9.17, 15) is 9.59 Å². The third-order valence-corrected chi connectivity index (χ3v) is 9.31. The fourth-order valence-electron chi connectivity index (χ4n) is 6.11. The summed E-state index contributed by atoms with van der Waals surface area (Å²) in [7, 11) is 3.13. The Kier molecular flexibility index (Phi) is 8.05. The third kappa shape index (κ3) is 5.66. The lowest BCUT2D eigenvalue weighted by atomic mass is 9.94. The molecule has 47 heavy (non-hydrogen) atoms. The maximum atomic E-state index is 14.4. The third-order valence-electron chi connectivity index (χ3n) is 8.32. The van der Waals surface area contributed by atoms with Crippen molar-refractivity contribution in [3.8, 4) is 11.5 Å². The van der Waals surface area contributed by atoms with Gasteiger partial charge in [0, 0.05) is 34.9 Å². The van der Waals surface area contributed by atoms with Crippen LogP contribution in [0.5, 0.6) is 11.5 Å². The molecule has 0 fully saturated rings. The Morgan fingerprint density at radius 2 is 1.62 bits per heavy atom. The Hall–Kier alpha value is -5.67. The van der Waals surface area contributed by atoms with E-state index in [0.29, 0.717) is 49.9 Å². The van der Waals surface area contributed by atoms with Gasteiger partial charge >= 0.3 is 0 Å². The van der Waals surface area contributed by atoms with Crippen LogP contribution in [-0.4, -0.2) is 29.3 Å². The number of hydrogen-bond acceptors (Lipinski definition) is 6. The lowest BCUT2D eigenvalue weighted by molar-refractivity contribution is -0.113. The van der Waals surface area contributed by atoms with Crippen LogP contribution in [0.3, 0.4) is 0 Å². The standard InChI is InChI=1S/C38H32N4O4S/c1-24-34(36(43)40-28-14-8-5-9-15-28)35(26-18-19-31(45-2)32(20-26)46-3)42-37(44)33(47-38(42)39-24)21-27-23-41(22-25-12-6-4-7-13-25)30-17-11-10-16-29(27)30/h4-21,23,35H,22H2,1-3H3,(H,40,43)/b33-21-/t35-/m0/s1. The van der Waals surface area contributed by atoms with Crippen molar-refractivity contribution < 1.29 is 14.3 Å². The smallest absolute Gasteiger partial charge is 0.271 e. The van der Waals surface area contributed by atoms with Gasteiger partial charge < -0.3 is 19.4 Å². The highest BCUT2D eigenvalue weighted by Crippen LogP contribution is 2.36. The van der Waals surface area contributed by atoms with Crippen molar-refractivity contribution in [2.75, 3.05) is 19.5 Å². The molecule has 7 rings (SSSR count). The number of amides is 1. The van der Waals surface area contributed by atoms with Gasteiger partial charge in [-0.2, -0.15) is 0 Å². The van der Waals surface area contributed by atoms with E-state index in [1.807, 2.05) is 85.8 Å². The number of carbonyl (C=O) groups is 1. The van der Waals surface area contributed by atoms with E-state index in [2.05, 4.69) is 40.3 Å². The molecule has 0 saturated carbocycles. The Labute approximate surface area is 275 Å². The van der Waals surface area contributed by atoms with Crippen molar-refractivity contribution in [3.63, 3.8) is 0 Å². The molecular weight excluding hydrogens is 609 g/mol. The Morgan fingerprint density at radius 3 is 2.36 bits per heavy atom. The summed E-state index contributed by atoms with van der Waals surface area (Å²) in [5.41, 5.74) is 5.22. The van der Waals surface area contributed by atoms with Crippen molar-refractivity contribution in [1.29, 1.82) is 0 Å². The second-order valence-electron chi connectivity index (χ2n) is 11.2. The molecule has 8 nitrogen and oxygen atoms in total. The normalized spacial score (nSPS) is 14.5. The second kappa shape index (κ2) is 12.6. The van der Waals surface area contributed by atoms with Crippen LogP contribution in [0.2, 0.25) is 0 Å². The van der Waals surface area contributed by atoms with E-state index in [1.54, 1.807) is 24.9 Å². The number of fused-ring (bicyclic) bond motifs is 2. The van der Waals surface area contributed by atoms with Crippen LogP contribution >= 0.6 is 11.3 Å². The lowest BCUT2D eigenvalue weighted by Gasteiger charge is -2.26. The number of anilines is 1. The fraction of sp³-hybridized carbons (Fsp3) is 0.132. The SMILES string of the molecule is COc1ccc([C@H]2C(C(=O)Nc3ccccc3)=C(C)N=c3s/c(=C\c4cn(Cc5ccccc5)c5ccccc45)c(=O)n32)cc1OC. The summed E-state index contributed by atoms with van der Waals surface area (Å²) in [5.74, 6) is 0.706. The molecule has 0 bridgehead atoms. The summed E-state index contributed by atoms with van der Waals surface area (Å²) in [4.78, 5) is 33.7. The molecule has 1 aliphatic rings. The average Bonchev–Trinajstić information content (AvgIpc) is 3.60. The van der Waals surface area contributed by atoms with Crippen molar-refractivity contribution in [3.05, 3.63) is 157 Å². The number of rotatable bonds is 8. The molecule has 234 valence electrons. The largest absolute Gasteiger partial charge is 0.493 e. The predicted molar refractivity (Wildman–Crippen MR) is 186 cm³/mol. The number of nitrogens with zero attached hydrogens (tertiary/aromatic N) is 3. The van der Waals surface area contributed by atoms with E-state index in [1.165, 1.54) is 16.9 Å². The van der Waals surface area contributed by atoms with Crippen LogP contribution in [0.25, 0.3) is 17.0 Å². The molecule has 6 aromatic rings. The molecule has 0 aliphatic carbocycles. The molecule has 0 saturated heterocycles. The zero-order valence-corrected chi connectivity index (χ0v) is 27.0. The van der Waals surface area contributed by atoms with Crippen LogP contribution in [0, 0.1) is 0 Å². The quantitative estimate of drug-likeness (QED) is 0.225. The van der Waals surface area contributed by atoms with Gasteiger partial charge in [-0.3, -0.25) is 14.2 Å². The number of methoxy groups -OCH3 is 2. The Bertz CT molecular complexity index is 2340. The van der Waals surface area contributed by atoms with Crippen LogP contribution < -0.4 is 29.7 Å². The Morgan fingerprint density at radius 1 is 0.915 bits per heavy atom. The molecule has 0 spiro atoms. The highest BCUT2D eigenvalue weighted by Gasteiger charge is 2.33. The highest BCUT2D eigenvalue weighted by atomic mass is 32.1. The second-order valence-corrected chi connectivity index (χ2v) is 12.2. The first-order valence-electron chi connectivity index (χ1n) is 15.2. The average molecular weight is 641 g/mol. The van der Waals surface area contributed by atoms with Gasteiger partial charge in [-0.1, -0.05) is 84.1 Å². The molecule has 9 heteroatoms. The molecule has 0 radical (unpaired) electrons. The van der Waals surface area contributed by atoms with Crippen LogP contribution in [0.15, 0.2) is 130 Å². The molecule has 0 unspecified atom stereocenters. The minimum atomic E-state index is -0.753. The molecule has 4 aromatic carbocycles. The maximum Gasteiger partial charge on any atom is 0.271 e. The highest BCUT2D eigenvalue weighted by molar-refractivity contribution is 7.07. The van der Waals surface area contributed by atoms with E-state index >= 15 is 0 Å². The van der Waals surface area contributed by atoms with Gasteiger partial charge in [0.2, 0.25) is 0 Å². The summed E-state index contributed by atoms with van der Waals surface area (Å²) >= 11 is 1.31. The first-order chi connectivity index (χ1) is 22.9. The Balaban J connectivity index is 1.38. The summed E-state index contributed by atoms with van der Waals surface area (Å²) in [5, 5.41) is 4.04. The topological polar surface area (TPSA) is 86.9 Å². The predicted octanol–water partition coefficient (Wildman–Crippen LogP) is 5.89. The number of allylic oxidation sites excluding steroid dienone is 1. The van der Waals surface area contributed by atoms with E-state index < -0.39 is 6.04 Å². The first kappa shape index (κ1) is 30.0. The fourth-order valence-corrected chi connectivity index (χ4v) is 7.15. The summed E-state index contributed by atoms with van der Waals surface area (Å²) in [6.45, 7) is 2.51. The number of ether oxygens (including phenoxy) is 2. The summed E-state index contributed by atoms with van der Waals surface area (Å²) in [6, 6.07) is 32.4. The van der Waals surface area contributed by atoms with Crippen LogP contribution in [0.4, 0.5) is 5.69 Å². The monoisotopic (exact) mass is 640 g/mol. The van der Waals surface area contributed by atoms with E-state index in [4.69, 9.17) is 14.5 Å². The first-order valence-corrected chi connectivity index (χ1v) is 16.0. The van der Waals surface area contributed by atoms with Gasteiger partial charge in [-0.25, -0.2) is 4.99 Å². The zero-order chi connectivity index (χ0) is 32.5. The van der Waals surface area contributed by atoms with Gasteiger partial charge in [0.15, 0.2) is 16.3 Å². The molecule has 3 heterocycles. The maximum absolute atomic E-state index is 14.4. The van der Waals surface area contributed by atoms with E-state index in [-0.39, 0.29) is 11.5 Å². The molecule has 1 amide bonds.